The summed E-state index contributed by atoms with van der Waals surface area (Å²) < 4.78 is 17.9. The van der Waals surface area contributed by atoms with Crippen LogP contribution in [0.2, 0.25) is 0 Å². The molecule has 0 saturated carbocycles. The molecule has 0 aliphatic carbocycles. The second-order valence-electron chi connectivity index (χ2n) is 6.02. The van der Waals surface area contributed by atoms with Gasteiger partial charge in [0, 0.05) is 41.1 Å². The second-order valence-corrected chi connectivity index (χ2v) is 7.78. The number of benzene rings is 1. The molecule has 118 valence electrons. The molecule has 0 aromatic heterocycles. The Morgan fingerprint density at radius 2 is 1.76 bits per heavy atom. The fourth-order valence-electron chi connectivity index (χ4n) is 2.70. The molecule has 1 fully saturated rings. The van der Waals surface area contributed by atoms with E-state index in [0.29, 0.717) is 16.9 Å². The highest BCUT2D eigenvalue weighted by Gasteiger charge is 2.23. The first-order valence-electron chi connectivity index (χ1n) is 7.84. The zero-order valence-electron chi connectivity index (χ0n) is 13.3. The van der Waals surface area contributed by atoms with Crippen LogP contribution in [0.5, 0.6) is 0 Å². The maximum absolute atomic E-state index is 12.5. The number of rotatable bonds is 6. The molecule has 2 rings (SSSR count). The normalized spacial score (nSPS) is 19.6. The summed E-state index contributed by atoms with van der Waals surface area (Å²) in [6.45, 7) is 5.91. The van der Waals surface area contributed by atoms with Crippen molar-refractivity contribution in [2.24, 2.45) is 0 Å². The van der Waals surface area contributed by atoms with Crippen LogP contribution in [0.25, 0.3) is 0 Å². The van der Waals surface area contributed by atoms with E-state index in [4.69, 9.17) is 4.74 Å². The molecule has 1 N–H and O–H groups in total. The fourth-order valence-corrected chi connectivity index (χ4v) is 4.38. The molecular weight excluding hydrogens is 282 g/mol. The summed E-state index contributed by atoms with van der Waals surface area (Å²) in [6, 6.07) is 8.86. The van der Waals surface area contributed by atoms with Gasteiger partial charge in [0.2, 0.25) is 0 Å². The first kappa shape index (κ1) is 16.7. The van der Waals surface area contributed by atoms with Gasteiger partial charge in [-0.15, -0.1) is 0 Å². The molecule has 2 atom stereocenters. The number of ether oxygens (including phenoxy) is 1. The maximum atomic E-state index is 12.5. The van der Waals surface area contributed by atoms with Crippen molar-refractivity contribution in [3.05, 3.63) is 35.4 Å². The zero-order chi connectivity index (χ0) is 15.2. The van der Waals surface area contributed by atoms with Crippen molar-refractivity contribution in [2.45, 2.75) is 43.9 Å². The lowest BCUT2D eigenvalue weighted by Crippen LogP contribution is -2.31. The topological polar surface area (TPSA) is 38.3 Å². The minimum Gasteiger partial charge on any atom is -0.381 e. The average molecular weight is 309 g/mol. The Balaban J connectivity index is 1.99. The highest BCUT2D eigenvalue weighted by atomic mass is 32.2. The fraction of sp³-hybridized carbons (Fsp3) is 0.647. The number of hydrogen-bond acceptors (Lipinski definition) is 3. The molecule has 0 amide bonds. The Morgan fingerprint density at radius 3 is 2.29 bits per heavy atom. The van der Waals surface area contributed by atoms with E-state index < -0.39 is 10.8 Å². The monoisotopic (exact) mass is 309 g/mol. The number of nitrogens with one attached hydrogen (secondary N) is 1. The summed E-state index contributed by atoms with van der Waals surface area (Å²) in [5.41, 5.74) is 2.57. The van der Waals surface area contributed by atoms with E-state index in [1.165, 1.54) is 11.1 Å². The van der Waals surface area contributed by atoms with Crippen molar-refractivity contribution in [2.75, 3.05) is 26.0 Å². The maximum Gasteiger partial charge on any atom is 0.0477 e. The highest BCUT2D eigenvalue weighted by Crippen LogP contribution is 2.22. The molecule has 1 aliphatic rings. The minimum absolute atomic E-state index is 0.162. The van der Waals surface area contributed by atoms with Crippen molar-refractivity contribution in [3.63, 3.8) is 0 Å². The van der Waals surface area contributed by atoms with Gasteiger partial charge < -0.3 is 10.1 Å². The van der Waals surface area contributed by atoms with E-state index in [2.05, 4.69) is 43.4 Å². The van der Waals surface area contributed by atoms with Crippen LogP contribution in [0.3, 0.4) is 0 Å². The summed E-state index contributed by atoms with van der Waals surface area (Å²) in [5.74, 6) is 1.23. The van der Waals surface area contributed by atoms with Gasteiger partial charge in [0.1, 0.15) is 0 Å². The Labute approximate surface area is 130 Å². The van der Waals surface area contributed by atoms with E-state index >= 15 is 0 Å². The molecule has 1 aromatic rings. The predicted molar refractivity (Wildman–Crippen MR) is 89.2 cm³/mol. The highest BCUT2D eigenvalue weighted by molar-refractivity contribution is 7.85. The molecular formula is C17H27NO2S. The van der Waals surface area contributed by atoms with Crippen molar-refractivity contribution in [1.29, 1.82) is 0 Å². The van der Waals surface area contributed by atoms with Crippen LogP contribution in [-0.4, -0.2) is 35.5 Å². The lowest BCUT2D eigenvalue weighted by Gasteiger charge is -2.24. The lowest BCUT2D eigenvalue weighted by atomic mass is 10.00. The molecule has 0 spiro atoms. The smallest absolute Gasteiger partial charge is 0.0477 e. The van der Waals surface area contributed by atoms with E-state index in [0.717, 1.165) is 26.1 Å². The molecule has 0 bridgehead atoms. The Morgan fingerprint density at radius 1 is 1.19 bits per heavy atom. The minimum atomic E-state index is -0.794. The summed E-state index contributed by atoms with van der Waals surface area (Å²) in [5, 5.41) is 3.61. The molecule has 2 unspecified atom stereocenters. The van der Waals surface area contributed by atoms with Gasteiger partial charge in [-0.05, 0) is 36.9 Å². The summed E-state index contributed by atoms with van der Waals surface area (Å²) in [4.78, 5) is 0. The van der Waals surface area contributed by atoms with Crippen LogP contribution in [0, 0.1) is 0 Å². The van der Waals surface area contributed by atoms with Crippen molar-refractivity contribution >= 4 is 10.8 Å². The molecule has 1 saturated heterocycles. The van der Waals surface area contributed by atoms with Crippen LogP contribution in [0.1, 0.15) is 49.8 Å². The van der Waals surface area contributed by atoms with Crippen LogP contribution >= 0.6 is 0 Å². The first-order valence-corrected chi connectivity index (χ1v) is 9.22. The van der Waals surface area contributed by atoms with E-state index in [1.54, 1.807) is 0 Å². The predicted octanol–water partition coefficient (Wildman–Crippen LogP) is 3.00. The van der Waals surface area contributed by atoms with E-state index in [9.17, 15) is 4.21 Å². The third kappa shape index (κ3) is 4.63. The molecule has 1 aromatic carbocycles. The molecule has 0 radical (unpaired) electrons. The second kappa shape index (κ2) is 8.06. The SMILES string of the molecule is CNC(CS(=O)C1CCOCC1)c1ccc(C(C)C)cc1. The molecule has 4 heteroatoms. The summed E-state index contributed by atoms with van der Waals surface area (Å²) in [7, 11) is 1.15. The van der Waals surface area contributed by atoms with Crippen LogP contribution in [0.4, 0.5) is 0 Å². The van der Waals surface area contributed by atoms with Gasteiger partial charge in [0.25, 0.3) is 0 Å². The Kier molecular flexibility index (Phi) is 6.40. The number of hydrogen-bond donors (Lipinski definition) is 1. The van der Waals surface area contributed by atoms with Gasteiger partial charge in [-0.1, -0.05) is 38.1 Å². The standard InChI is InChI=1S/C17H27NO2S/c1-13(2)14-4-6-15(7-5-14)17(18-3)12-21(19)16-8-10-20-11-9-16/h4-7,13,16-18H,8-12H2,1-3H3. The largest absolute Gasteiger partial charge is 0.381 e. The van der Waals surface area contributed by atoms with Gasteiger partial charge in [-0.3, -0.25) is 4.21 Å². The van der Waals surface area contributed by atoms with Crippen LogP contribution in [-0.2, 0) is 15.5 Å². The van der Waals surface area contributed by atoms with Gasteiger partial charge in [-0.2, -0.15) is 0 Å². The molecule has 21 heavy (non-hydrogen) atoms. The molecule has 3 nitrogen and oxygen atoms in total. The quantitative estimate of drug-likeness (QED) is 0.878. The third-order valence-electron chi connectivity index (χ3n) is 4.23. The van der Waals surface area contributed by atoms with Crippen molar-refractivity contribution in [3.8, 4) is 0 Å². The van der Waals surface area contributed by atoms with Gasteiger partial charge >= 0.3 is 0 Å². The van der Waals surface area contributed by atoms with E-state index in [1.807, 2.05) is 7.05 Å². The molecule has 1 heterocycles. The average Bonchev–Trinajstić information content (AvgIpc) is 2.53. The lowest BCUT2D eigenvalue weighted by molar-refractivity contribution is 0.0992. The third-order valence-corrected chi connectivity index (χ3v) is 6.10. The first-order chi connectivity index (χ1) is 10.1. The van der Waals surface area contributed by atoms with Gasteiger partial charge in [0.15, 0.2) is 0 Å². The van der Waals surface area contributed by atoms with Gasteiger partial charge in [-0.25, -0.2) is 0 Å². The van der Waals surface area contributed by atoms with Crippen molar-refractivity contribution < 1.29 is 8.95 Å². The van der Waals surface area contributed by atoms with Crippen LogP contribution < -0.4 is 5.32 Å². The summed E-state index contributed by atoms with van der Waals surface area (Å²) >= 11 is 0. The summed E-state index contributed by atoms with van der Waals surface area (Å²) in [6.07, 6.45) is 1.85. The molecule has 1 aliphatic heterocycles. The zero-order valence-corrected chi connectivity index (χ0v) is 14.1. The van der Waals surface area contributed by atoms with Crippen LogP contribution in [0.15, 0.2) is 24.3 Å². The van der Waals surface area contributed by atoms with Gasteiger partial charge in [0.05, 0.1) is 0 Å². The Bertz CT molecular complexity index is 452. The van der Waals surface area contributed by atoms with Crippen molar-refractivity contribution in [1.82, 2.24) is 5.32 Å². The van der Waals surface area contributed by atoms with E-state index in [-0.39, 0.29) is 6.04 Å². The Hall–Kier alpha value is -0.710.